The lowest BCUT2D eigenvalue weighted by Gasteiger charge is -2.33. The highest BCUT2D eigenvalue weighted by Gasteiger charge is 2.30. The third-order valence-electron chi connectivity index (χ3n) is 6.33. The van der Waals surface area contributed by atoms with E-state index in [0.29, 0.717) is 24.7 Å². The quantitative estimate of drug-likeness (QED) is 0.487. The largest absolute Gasteiger partial charge is 0.355 e. The van der Waals surface area contributed by atoms with E-state index in [4.69, 9.17) is 16.7 Å². The molecule has 0 atom stereocenters. The van der Waals surface area contributed by atoms with Crippen LogP contribution in [0.4, 0.5) is 11.5 Å². The van der Waals surface area contributed by atoms with Crippen LogP contribution in [0.5, 0.6) is 0 Å². The highest BCUT2D eigenvalue weighted by atomic mass is 35.5. The van der Waals surface area contributed by atoms with E-state index >= 15 is 0 Å². The fourth-order valence-electron chi connectivity index (χ4n) is 4.30. The van der Waals surface area contributed by atoms with Crippen LogP contribution in [-0.4, -0.2) is 34.7 Å². The van der Waals surface area contributed by atoms with Crippen LogP contribution in [0.15, 0.2) is 54.6 Å². The number of hydrogen-bond donors (Lipinski definition) is 2. The Kier molecular flexibility index (Phi) is 7.76. The average molecular weight is 494 g/mol. The second-order valence-corrected chi connectivity index (χ2v) is 9.72. The van der Waals surface area contributed by atoms with E-state index in [1.165, 1.54) is 0 Å². The Balaban J connectivity index is 1.50. The molecule has 4 rings (SSSR count). The molecule has 2 heterocycles. The molecule has 184 valence electrons. The lowest BCUT2D eigenvalue weighted by Crippen LogP contribution is -2.41. The summed E-state index contributed by atoms with van der Waals surface area (Å²) in [7, 11) is 0. The zero-order chi connectivity index (χ0) is 24.9. The smallest absolute Gasteiger partial charge is 0.227 e. The normalized spacial score (nSPS) is 14.3. The van der Waals surface area contributed by atoms with Gasteiger partial charge in [0.25, 0.3) is 0 Å². The van der Waals surface area contributed by atoms with Crippen molar-refractivity contribution in [1.82, 2.24) is 15.1 Å². The van der Waals surface area contributed by atoms with Crippen LogP contribution in [0.2, 0.25) is 5.02 Å². The van der Waals surface area contributed by atoms with Crippen LogP contribution in [0.1, 0.15) is 37.9 Å². The topological polar surface area (TPSA) is 79.3 Å². The van der Waals surface area contributed by atoms with Crippen molar-refractivity contribution in [3.63, 3.8) is 0 Å². The minimum Gasteiger partial charge on any atom is -0.355 e. The number of benzene rings is 2. The number of carbonyl (C=O) groups is 2. The van der Waals surface area contributed by atoms with Gasteiger partial charge in [-0.3, -0.25) is 9.59 Å². The third-order valence-corrected chi connectivity index (χ3v) is 6.57. The number of aromatic nitrogens is 2. The van der Waals surface area contributed by atoms with Crippen LogP contribution >= 0.6 is 11.6 Å². The van der Waals surface area contributed by atoms with E-state index in [1.54, 1.807) is 0 Å². The molecule has 8 heteroatoms. The van der Waals surface area contributed by atoms with Gasteiger partial charge >= 0.3 is 0 Å². The lowest BCUT2D eigenvalue weighted by molar-refractivity contribution is -0.125. The number of aryl methyl sites for hydroxylation is 1. The summed E-state index contributed by atoms with van der Waals surface area (Å²) in [6, 6.07) is 17.4. The third kappa shape index (κ3) is 5.85. The van der Waals surface area contributed by atoms with Crippen molar-refractivity contribution in [2.24, 2.45) is 11.8 Å². The van der Waals surface area contributed by atoms with Crippen molar-refractivity contribution >= 4 is 34.9 Å². The van der Waals surface area contributed by atoms with Gasteiger partial charge in [0.05, 0.1) is 11.4 Å². The molecule has 0 unspecified atom stereocenters. The molecule has 0 spiro atoms. The molecule has 1 saturated heterocycles. The molecule has 1 aliphatic heterocycles. The molecule has 3 aromatic rings. The van der Waals surface area contributed by atoms with Gasteiger partial charge in [0.2, 0.25) is 11.8 Å². The zero-order valence-corrected chi connectivity index (χ0v) is 21.2. The number of rotatable bonds is 7. The average Bonchev–Trinajstić information content (AvgIpc) is 3.19. The van der Waals surface area contributed by atoms with Crippen molar-refractivity contribution < 1.29 is 9.59 Å². The van der Waals surface area contributed by atoms with Crippen molar-refractivity contribution in [3.8, 4) is 5.69 Å². The van der Waals surface area contributed by atoms with Gasteiger partial charge in [0.1, 0.15) is 5.69 Å². The number of carbonyl (C=O) groups excluding carboxylic acids is 2. The van der Waals surface area contributed by atoms with E-state index in [1.807, 2.05) is 80.1 Å². The fraction of sp³-hybridized carbons (Fsp3) is 0.370. The van der Waals surface area contributed by atoms with Crippen molar-refractivity contribution in [3.05, 3.63) is 70.9 Å². The first-order valence-corrected chi connectivity index (χ1v) is 12.4. The standard InChI is InChI=1S/C27H32ClN5O2/c1-18(2)25(34)30-24-19(3)31-33(23-10-5-4-6-11-23)27(24)32-14-12-21(13-15-32)26(35)29-17-20-8-7-9-22(28)16-20/h4-11,16,18,21H,12-15,17H2,1-3H3,(H,29,35)(H,30,34). The molecule has 0 radical (unpaired) electrons. The molecule has 1 fully saturated rings. The molecule has 2 amide bonds. The highest BCUT2D eigenvalue weighted by molar-refractivity contribution is 6.30. The first-order valence-electron chi connectivity index (χ1n) is 12.1. The van der Waals surface area contributed by atoms with Gasteiger partial charge in [-0.25, -0.2) is 4.68 Å². The van der Waals surface area contributed by atoms with E-state index < -0.39 is 0 Å². The second kappa shape index (κ2) is 11.0. The molecule has 0 bridgehead atoms. The Morgan fingerprint density at radius 2 is 1.80 bits per heavy atom. The number of nitrogens with one attached hydrogen (secondary N) is 2. The van der Waals surface area contributed by atoms with Crippen molar-refractivity contribution in [1.29, 1.82) is 0 Å². The minimum absolute atomic E-state index is 0.0442. The Morgan fingerprint density at radius 1 is 1.09 bits per heavy atom. The fourth-order valence-corrected chi connectivity index (χ4v) is 4.52. The molecular formula is C27H32ClN5O2. The van der Waals surface area contributed by atoms with Crippen molar-refractivity contribution in [2.45, 2.75) is 40.2 Å². The predicted molar refractivity (Wildman–Crippen MR) is 140 cm³/mol. The highest BCUT2D eigenvalue weighted by Crippen LogP contribution is 2.35. The van der Waals surface area contributed by atoms with Crippen LogP contribution in [0, 0.1) is 18.8 Å². The molecule has 2 N–H and O–H groups in total. The maximum atomic E-state index is 12.8. The Bertz CT molecular complexity index is 1180. The van der Waals surface area contributed by atoms with Gasteiger partial charge in [0, 0.05) is 36.5 Å². The summed E-state index contributed by atoms with van der Waals surface area (Å²) in [6.07, 6.45) is 1.44. The van der Waals surface area contributed by atoms with E-state index in [-0.39, 0.29) is 23.7 Å². The summed E-state index contributed by atoms with van der Waals surface area (Å²) in [5.74, 6) is 0.674. The Hall–Kier alpha value is -3.32. The van der Waals surface area contributed by atoms with E-state index in [2.05, 4.69) is 15.5 Å². The number of piperidine rings is 1. The van der Waals surface area contributed by atoms with E-state index in [0.717, 1.165) is 41.3 Å². The van der Waals surface area contributed by atoms with Crippen LogP contribution < -0.4 is 15.5 Å². The molecule has 2 aromatic carbocycles. The number of amides is 2. The number of hydrogen-bond acceptors (Lipinski definition) is 4. The molecule has 1 aromatic heterocycles. The van der Waals surface area contributed by atoms with Gasteiger partial charge in [-0.05, 0) is 49.6 Å². The summed E-state index contributed by atoms with van der Waals surface area (Å²) in [4.78, 5) is 27.6. The summed E-state index contributed by atoms with van der Waals surface area (Å²) in [5.41, 5.74) is 3.41. The predicted octanol–water partition coefficient (Wildman–Crippen LogP) is 4.96. The summed E-state index contributed by atoms with van der Waals surface area (Å²) in [6.45, 7) is 7.51. The molecule has 0 aliphatic carbocycles. The zero-order valence-electron chi connectivity index (χ0n) is 20.4. The van der Waals surface area contributed by atoms with Crippen molar-refractivity contribution in [2.75, 3.05) is 23.3 Å². The number of nitrogens with zero attached hydrogens (tertiary/aromatic N) is 3. The first kappa shape index (κ1) is 24.8. The summed E-state index contributed by atoms with van der Waals surface area (Å²) < 4.78 is 1.89. The maximum absolute atomic E-state index is 12.8. The maximum Gasteiger partial charge on any atom is 0.227 e. The molecule has 7 nitrogen and oxygen atoms in total. The minimum atomic E-state index is -0.142. The van der Waals surface area contributed by atoms with Crippen LogP contribution in [0.25, 0.3) is 5.69 Å². The number of anilines is 2. The Labute approximate surface area is 211 Å². The second-order valence-electron chi connectivity index (χ2n) is 9.28. The van der Waals surface area contributed by atoms with Crippen LogP contribution in [0.3, 0.4) is 0 Å². The SMILES string of the molecule is Cc1nn(-c2ccccc2)c(N2CCC(C(=O)NCc3cccc(Cl)c3)CC2)c1NC(=O)C(C)C. The molecule has 1 aliphatic rings. The van der Waals surface area contributed by atoms with Gasteiger partial charge in [-0.2, -0.15) is 5.10 Å². The summed E-state index contributed by atoms with van der Waals surface area (Å²) >= 11 is 6.05. The molecule has 35 heavy (non-hydrogen) atoms. The monoisotopic (exact) mass is 493 g/mol. The molecule has 0 saturated carbocycles. The Morgan fingerprint density at radius 3 is 2.46 bits per heavy atom. The number of halogens is 1. The van der Waals surface area contributed by atoms with E-state index in [9.17, 15) is 9.59 Å². The van der Waals surface area contributed by atoms with Gasteiger partial charge < -0.3 is 15.5 Å². The lowest BCUT2D eigenvalue weighted by atomic mass is 9.95. The van der Waals surface area contributed by atoms with Crippen LogP contribution in [-0.2, 0) is 16.1 Å². The molecular weight excluding hydrogens is 462 g/mol. The van der Waals surface area contributed by atoms with Gasteiger partial charge in [-0.1, -0.05) is 55.8 Å². The number of para-hydroxylation sites is 1. The van der Waals surface area contributed by atoms with Gasteiger partial charge in [0.15, 0.2) is 5.82 Å². The summed E-state index contributed by atoms with van der Waals surface area (Å²) in [5, 5.41) is 11.6. The van der Waals surface area contributed by atoms with Gasteiger partial charge in [-0.15, -0.1) is 0 Å². The first-order chi connectivity index (χ1) is 16.8.